The number of aromatic nitrogens is 2. The standard InChI is InChI=1S/C48H34N2Si/c1-4-18-37(19-5-1)51(38-20-6-2-7-21-38,39-22-8-3-9-23-39)40-24-16-17-35(33-40)49-47-30-15-12-27-43(47)44-34-36(31-32-48(44)49)50-45-28-13-10-25-41(45)42-26-11-14-29-46(42)50/h1-34H/i1D,2D,3D,4D,5D,6D,7D,8D,9D,10D,11D,12D,13D,14D,15D,18D,19D,20D,21D,22D,23D,25D,26D,27D,28D,29D,30D,31D,32D,34D. The molecule has 0 bridgehead atoms. The van der Waals surface area contributed by atoms with Crippen molar-refractivity contribution in [1.29, 1.82) is 0 Å². The lowest BCUT2D eigenvalue weighted by Gasteiger charge is -2.34. The largest absolute Gasteiger partial charge is 0.309 e. The molecule has 0 atom stereocenters. The van der Waals surface area contributed by atoms with Crippen LogP contribution in [0.1, 0.15) is 41.1 Å². The van der Waals surface area contributed by atoms with E-state index in [9.17, 15) is 15.1 Å². The lowest BCUT2D eigenvalue weighted by atomic mass is 10.1. The molecule has 2 nitrogen and oxygen atoms in total. The van der Waals surface area contributed by atoms with Gasteiger partial charge in [-0.25, -0.2) is 0 Å². The molecule has 0 radical (unpaired) electrons. The van der Waals surface area contributed by atoms with Gasteiger partial charge in [0.1, 0.15) is 0 Å². The minimum Gasteiger partial charge on any atom is -0.309 e. The van der Waals surface area contributed by atoms with Gasteiger partial charge in [-0.1, -0.05) is 157 Å². The maximum atomic E-state index is 10.0. The zero-order chi connectivity index (χ0) is 59.9. The SMILES string of the molecule is [2H]c1c([2H])c([2H])c([Si](c2cccc(-n3c4c([2H])c([2H])c([2H])c([2H])c4c4c([2H])c(-n5c6c([2H])c([2H])c([2H])c([2H])c6c6c([2H])c([2H])c([2H])c([2H])c65)c([2H])c([2H])c43)c2)(c2c([2H])c([2H])c([2H])c([2H])c2[2H])c2c([2H])c([2H])c([2H])c([2H])c2[2H])c([2H])c1[2H]. The zero-order valence-electron chi connectivity index (χ0n) is 55.7. The van der Waals surface area contributed by atoms with Crippen LogP contribution in [-0.2, 0) is 0 Å². The summed E-state index contributed by atoms with van der Waals surface area (Å²) in [5, 5.41) is -5.03. The fourth-order valence-electron chi connectivity index (χ4n) is 6.52. The minimum absolute atomic E-state index is 0.360. The lowest BCUT2D eigenvalue weighted by molar-refractivity contribution is 1.17. The van der Waals surface area contributed by atoms with Gasteiger partial charge in [0.05, 0.1) is 63.2 Å². The fraction of sp³-hybridized carbons (Fsp3) is 0. The number of hydrogen-bond acceptors (Lipinski definition) is 0. The number of benzene rings is 8. The van der Waals surface area contributed by atoms with Gasteiger partial charge < -0.3 is 9.13 Å². The first kappa shape index (κ1) is 12.1. The molecule has 0 saturated carbocycles. The van der Waals surface area contributed by atoms with Gasteiger partial charge in [0.15, 0.2) is 8.07 Å². The van der Waals surface area contributed by atoms with Gasteiger partial charge in [-0.2, -0.15) is 0 Å². The lowest BCUT2D eigenvalue weighted by Crippen LogP contribution is -2.74. The van der Waals surface area contributed by atoms with E-state index in [0.29, 0.717) is 0 Å². The molecule has 51 heavy (non-hydrogen) atoms. The Morgan fingerprint density at radius 1 is 0.353 bits per heavy atom. The summed E-state index contributed by atoms with van der Waals surface area (Å²) < 4.78 is 274. The Kier molecular flexibility index (Phi) is 2.82. The molecule has 0 aliphatic carbocycles. The quantitative estimate of drug-likeness (QED) is 0.121. The van der Waals surface area contributed by atoms with Gasteiger partial charge in [0, 0.05) is 32.9 Å². The molecule has 0 fully saturated rings. The van der Waals surface area contributed by atoms with Crippen LogP contribution in [0.5, 0.6) is 0 Å². The molecule has 2 heterocycles. The molecule has 2 aromatic heterocycles. The van der Waals surface area contributed by atoms with E-state index in [1.165, 1.54) is 18.2 Å². The van der Waals surface area contributed by atoms with Crippen molar-refractivity contribution in [2.45, 2.75) is 0 Å². The summed E-state index contributed by atoms with van der Waals surface area (Å²) in [6, 6.07) is -23.9. The van der Waals surface area contributed by atoms with Crippen molar-refractivity contribution in [2.75, 3.05) is 0 Å². The molecule has 240 valence electrons. The number of nitrogens with zero attached hydrogens (tertiary/aromatic N) is 2. The molecule has 0 spiro atoms. The van der Waals surface area contributed by atoms with Gasteiger partial charge in [-0.3, -0.25) is 0 Å². The molecule has 0 amide bonds. The van der Waals surface area contributed by atoms with E-state index >= 15 is 0 Å². The predicted octanol–water partition coefficient (Wildman–Crippen LogP) is 9.26. The van der Waals surface area contributed by atoms with Crippen molar-refractivity contribution >= 4 is 72.4 Å². The normalized spacial score (nSPS) is 20.2. The van der Waals surface area contributed by atoms with Gasteiger partial charge >= 0.3 is 0 Å². The monoisotopic (exact) mass is 696 g/mol. The van der Waals surface area contributed by atoms with Crippen molar-refractivity contribution in [2.24, 2.45) is 0 Å². The Morgan fingerprint density at radius 2 is 0.765 bits per heavy atom. The van der Waals surface area contributed by atoms with Crippen molar-refractivity contribution in [3.63, 3.8) is 0 Å². The average molecular weight is 697 g/mol. The van der Waals surface area contributed by atoms with Crippen LogP contribution in [0.3, 0.4) is 0 Å². The first-order valence-corrected chi connectivity index (χ1v) is 17.2. The Labute approximate surface area is 340 Å². The summed E-state index contributed by atoms with van der Waals surface area (Å²) in [5.74, 6) is 0. The maximum absolute atomic E-state index is 10.0. The molecular weight excluding hydrogens is 633 g/mol. The third kappa shape index (κ3) is 4.49. The highest BCUT2D eigenvalue weighted by Crippen LogP contribution is 2.36. The third-order valence-electron chi connectivity index (χ3n) is 8.56. The van der Waals surface area contributed by atoms with Gasteiger partial charge in [0.2, 0.25) is 0 Å². The topological polar surface area (TPSA) is 9.86 Å². The number of fused-ring (bicyclic) bond motifs is 6. The molecule has 8 aromatic carbocycles. The predicted molar refractivity (Wildman–Crippen MR) is 219 cm³/mol. The Hall–Kier alpha value is -6.42. The smallest absolute Gasteiger partial charge is 0.179 e. The van der Waals surface area contributed by atoms with Crippen LogP contribution in [0.25, 0.3) is 55.0 Å². The van der Waals surface area contributed by atoms with Crippen LogP contribution < -0.4 is 20.7 Å². The van der Waals surface area contributed by atoms with Crippen LogP contribution in [-0.4, -0.2) is 17.2 Å². The Morgan fingerprint density at radius 3 is 1.27 bits per heavy atom. The molecule has 0 saturated heterocycles. The second-order valence-corrected chi connectivity index (χ2v) is 14.7. The van der Waals surface area contributed by atoms with Gasteiger partial charge in [0.25, 0.3) is 0 Å². The van der Waals surface area contributed by atoms with Crippen LogP contribution in [0.2, 0.25) is 0 Å². The highest BCUT2D eigenvalue weighted by atomic mass is 28.3. The molecule has 10 aromatic rings. The summed E-state index contributed by atoms with van der Waals surface area (Å²) in [5.41, 5.74) is -3.34. The summed E-state index contributed by atoms with van der Waals surface area (Å²) in [6.07, 6.45) is 0. The first-order valence-electron chi connectivity index (χ1n) is 30.2. The van der Waals surface area contributed by atoms with Gasteiger partial charge in [-0.05, 0) is 69.1 Å². The third-order valence-corrected chi connectivity index (χ3v) is 12.7. The number of rotatable bonds is 6. The molecule has 0 aliphatic rings. The van der Waals surface area contributed by atoms with Crippen molar-refractivity contribution in [3.8, 4) is 11.4 Å². The average Bonchev–Trinajstić information content (AvgIpc) is 4.19. The second kappa shape index (κ2) is 11.9. The highest BCUT2D eigenvalue weighted by molar-refractivity contribution is 7.19. The van der Waals surface area contributed by atoms with Crippen LogP contribution >= 0.6 is 0 Å². The molecule has 0 unspecified atom stereocenters. The van der Waals surface area contributed by atoms with Crippen LogP contribution in [0, 0.1) is 0 Å². The molecule has 0 aliphatic heterocycles. The summed E-state index contributed by atoms with van der Waals surface area (Å²) >= 11 is 0. The first-order chi connectivity index (χ1) is 37.8. The minimum atomic E-state index is -5.83. The fourth-order valence-corrected chi connectivity index (χ4v) is 10.3. The van der Waals surface area contributed by atoms with E-state index < -0.39 is 259 Å². The molecule has 3 heteroatoms. The summed E-state index contributed by atoms with van der Waals surface area (Å²) in [4.78, 5) is 0. The van der Waals surface area contributed by atoms with E-state index in [2.05, 4.69) is 0 Å². The van der Waals surface area contributed by atoms with Crippen molar-refractivity contribution in [1.82, 2.24) is 9.13 Å². The zero-order valence-corrected chi connectivity index (χ0v) is 26.7. The highest BCUT2D eigenvalue weighted by Gasteiger charge is 2.41. The Bertz CT molecular complexity index is 4270. The second-order valence-electron chi connectivity index (χ2n) is 11.1. The van der Waals surface area contributed by atoms with Crippen LogP contribution in [0.15, 0.2) is 206 Å². The maximum Gasteiger partial charge on any atom is 0.179 e. The van der Waals surface area contributed by atoms with Crippen molar-refractivity contribution in [3.05, 3.63) is 206 Å². The number of para-hydroxylation sites is 3. The molecule has 10 rings (SSSR count). The van der Waals surface area contributed by atoms with Crippen LogP contribution in [0.4, 0.5) is 0 Å². The van der Waals surface area contributed by atoms with E-state index in [1.54, 1.807) is 0 Å². The Balaban J connectivity index is 1.48. The van der Waals surface area contributed by atoms with Gasteiger partial charge in [-0.15, -0.1) is 0 Å². The summed E-state index contributed by atoms with van der Waals surface area (Å²) in [7, 11) is -5.83. The van der Waals surface area contributed by atoms with Crippen molar-refractivity contribution < 1.29 is 41.1 Å². The number of hydrogen-bond donors (Lipinski definition) is 0. The van der Waals surface area contributed by atoms with E-state index in [1.807, 2.05) is 0 Å². The summed E-state index contributed by atoms with van der Waals surface area (Å²) in [6.45, 7) is 0. The van der Waals surface area contributed by atoms with E-state index in [0.717, 1.165) is 15.2 Å². The van der Waals surface area contributed by atoms with E-state index in [-0.39, 0.29) is 5.69 Å². The molecular formula is C48H34N2Si. The molecule has 0 N–H and O–H groups in total. The van der Waals surface area contributed by atoms with E-state index in [4.69, 9.17) is 26.0 Å².